The van der Waals surface area contributed by atoms with Crippen molar-refractivity contribution >= 4 is 0 Å². The lowest BCUT2D eigenvalue weighted by atomic mass is 10.1. The Bertz CT molecular complexity index is 320. The largest absolute Gasteiger partial charge is 0.155 e. The van der Waals surface area contributed by atoms with Crippen LogP contribution in [0.15, 0.2) is 12.4 Å². The lowest BCUT2D eigenvalue weighted by Gasteiger charge is -2.02. The van der Waals surface area contributed by atoms with Crippen molar-refractivity contribution in [2.45, 2.75) is 90.5 Å². The molecule has 0 aliphatic carbocycles. The Labute approximate surface area is 125 Å². The van der Waals surface area contributed by atoms with Gasteiger partial charge in [0.15, 0.2) is 12.4 Å². The summed E-state index contributed by atoms with van der Waals surface area (Å²) in [6.45, 7) is 3.35. The number of hydrogen-bond acceptors (Lipinski definition) is 1. The van der Waals surface area contributed by atoms with E-state index in [4.69, 9.17) is 0 Å². The van der Waals surface area contributed by atoms with Gasteiger partial charge in [-0.15, -0.1) is 9.36 Å². The van der Waals surface area contributed by atoms with Gasteiger partial charge in [-0.05, 0) is 12.8 Å². The van der Waals surface area contributed by atoms with Gasteiger partial charge >= 0.3 is 0 Å². The second-order valence-corrected chi connectivity index (χ2v) is 6.01. The third-order valence-electron chi connectivity index (χ3n) is 3.95. The predicted octanol–water partition coefficient (Wildman–Crippen LogP) is 4.41. The van der Waals surface area contributed by atoms with Gasteiger partial charge in [-0.2, -0.15) is 0 Å². The van der Waals surface area contributed by atoms with E-state index in [2.05, 4.69) is 18.3 Å². The molecule has 0 saturated heterocycles. The molecule has 0 spiro atoms. The molecule has 1 heterocycles. The summed E-state index contributed by atoms with van der Waals surface area (Å²) in [5, 5.41) is 4.33. The topological polar surface area (TPSA) is 21.7 Å². The van der Waals surface area contributed by atoms with Crippen LogP contribution in [0.25, 0.3) is 0 Å². The Hall–Kier alpha value is -0.860. The van der Waals surface area contributed by atoms with Gasteiger partial charge in [-0.25, -0.2) is 0 Å². The number of rotatable bonds is 13. The van der Waals surface area contributed by atoms with Crippen molar-refractivity contribution in [3.63, 3.8) is 0 Å². The third kappa shape index (κ3) is 9.11. The molecular formula is C17H34N3+. The van der Waals surface area contributed by atoms with Crippen molar-refractivity contribution in [3.05, 3.63) is 12.4 Å². The molecule has 0 aliphatic heterocycles. The van der Waals surface area contributed by atoms with Crippen molar-refractivity contribution in [3.8, 4) is 0 Å². The fraction of sp³-hybridized carbons (Fsp3) is 0.882. The highest BCUT2D eigenvalue weighted by Crippen LogP contribution is 2.11. The maximum atomic E-state index is 4.33. The molecule has 1 rings (SSSR count). The van der Waals surface area contributed by atoms with Gasteiger partial charge in [0.05, 0.1) is 5.21 Å². The number of hydrogen-bond donors (Lipinski definition) is 0. The summed E-state index contributed by atoms with van der Waals surface area (Å²) < 4.78 is 3.90. The molecule has 0 radical (unpaired) electrons. The van der Waals surface area contributed by atoms with Crippen LogP contribution in [0.4, 0.5) is 0 Å². The molecule has 20 heavy (non-hydrogen) atoms. The zero-order valence-electron chi connectivity index (χ0n) is 13.7. The van der Waals surface area contributed by atoms with Gasteiger partial charge in [0.1, 0.15) is 13.6 Å². The maximum Gasteiger partial charge on any atom is 0.155 e. The van der Waals surface area contributed by atoms with Crippen molar-refractivity contribution < 1.29 is 4.68 Å². The zero-order chi connectivity index (χ0) is 14.5. The van der Waals surface area contributed by atoms with Gasteiger partial charge < -0.3 is 0 Å². The molecule has 0 aromatic carbocycles. The summed E-state index contributed by atoms with van der Waals surface area (Å²) in [5.41, 5.74) is 0. The molecule has 116 valence electrons. The van der Waals surface area contributed by atoms with E-state index in [9.17, 15) is 0 Å². The van der Waals surface area contributed by atoms with Crippen molar-refractivity contribution in [2.75, 3.05) is 0 Å². The van der Waals surface area contributed by atoms with Gasteiger partial charge in [0.25, 0.3) is 0 Å². The molecule has 1 aromatic heterocycles. The molecule has 0 N–H and O–H groups in total. The van der Waals surface area contributed by atoms with Crippen LogP contribution in [0.1, 0.15) is 84.0 Å². The second kappa shape index (κ2) is 11.9. The van der Waals surface area contributed by atoms with E-state index < -0.39 is 0 Å². The summed E-state index contributed by atoms with van der Waals surface area (Å²) >= 11 is 0. The summed E-state index contributed by atoms with van der Waals surface area (Å²) in [7, 11) is 1.97. The first kappa shape index (κ1) is 17.2. The van der Waals surface area contributed by atoms with Crippen molar-refractivity contribution in [2.24, 2.45) is 7.05 Å². The van der Waals surface area contributed by atoms with Gasteiger partial charge in [-0.1, -0.05) is 71.1 Å². The minimum atomic E-state index is 1.07. The van der Waals surface area contributed by atoms with Crippen molar-refractivity contribution in [1.82, 2.24) is 9.90 Å². The van der Waals surface area contributed by atoms with Gasteiger partial charge in [0.2, 0.25) is 0 Å². The average molecular weight is 280 g/mol. The highest BCUT2D eigenvalue weighted by Gasteiger charge is 2.00. The summed E-state index contributed by atoms with van der Waals surface area (Å²) in [4.78, 5) is 0. The van der Waals surface area contributed by atoms with Gasteiger partial charge in [-0.3, -0.25) is 0 Å². The van der Waals surface area contributed by atoms with Crippen LogP contribution in [0.5, 0.6) is 0 Å². The van der Waals surface area contributed by atoms with Crippen LogP contribution < -0.4 is 4.68 Å². The smallest absolute Gasteiger partial charge is 0.141 e. The third-order valence-corrected chi connectivity index (χ3v) is 3.95. The zero-order valence-corrected chi connectivity index (χ0v) is 13.7. The average Bonchev–Trinajstić information content (AvgIpc) is 2.86. The minimum Gasteiger partial charge on any atom is -0.141 e. The summed E-state index contributed by atoms with van der Waals surface area (Å²) in [5.74, 6) is 0. The highest BCUT2D eigenvalue weighted by atomic mass is 15.5. The molecule has 1 aromatic rings. The monoisotopic (exact) mass is 280 g/mol. The Morgan fingerprint density at radius 1 is 0.800 bits per heavy atom. The number of aromatic nitrogens is 3. The van der Waals surface area contributed by atoms with E-state index in [0.717, 1.165) is 6.54 Å². The number of unbranched alkanes of at least 4 members (excludes halogenated alkanes) is 11. The van der Waals surface area contributed by atoms with Crippen LogP contribution >= 0.6 is 0 Å². The van der Waals surface area contributed by atoms with Crippen LogP contribution in [0.2, 0.25) is 0 Å². The molecule has 0 saturated carbocycles. The Balaban J connectivity index is 1.76. The number of nitrogens with zero attached hydrogens (tertiary/aromatic N) is 3. The fourth-order valence-electron chi connectivity index (χ4n) is 2.65. The molecular weight excluding hydrogens is 246 g/mol. The first-order valence-electron chi connectivity index (χ1n) is 8.72. The minimum absolute atomic E-state index is 1.07. The summed E-state index contributed by atoms with van der Waals surface area (Å²) in [6.07, 6.45) is 20.9. The molecule has 3 nitrogen and oxygen atoms in total. The molecule has 0 aliphatic rings. The van der Waals surface area contributed by atoms with E-state index >= 15 is 0 Å². The molecule has 0 amide bonds. The van der Waals surface area contributed by atoms with E-state index in [-0.39, 0.29) is 0 Å². The second-order valence-electron chi connectivity index (χ2n) is 6.01. The standard InChI is InChI=1S/C17H34N3/c1-3-4-5-6-7-8-9-10-11-12-13-14-15-20-17-16-19(2)18-20/h16-17H,3-15H2,1-2H3/q+1. The van der Waals surface area contributed by atoms with Crippen LogP contribution in [-0.4, -0.2) is 9.90 Å². The van der Waals surface area contributed by atoms with Crippen LogP contribution in [0, 0.1) is 0 Å². The van der Waals surface area contributed by atoms with E-state index in [1.54, 1.807) is 0 Å². The Morgan fingerprint density at radius 3 is 1.75 bits per heavy atom. The van der Waals surface area contributed by atoms with Gasteiger partial charge in [0, 0.05) is 0 Å². The maximum absolute atomic E-state index is 4.33. The van der Waals surface area contributed by atoms with Crippen LogP contribution in [-0.2, 0) is 13.6 Å². The van der Waals surface area contributed by atoms with E-state index in [1.165, 1.54) is 77.0 Å². The summed E-state index contributed by atoms with van der Waals surface area (Å²) in [6, 6.07) is 0. The first-order valence-corrected chi connectivity index (χ1v) is 8.72. The SMILES string of the molecule is CCCCCCCCCCCCCCn1cc[n+](C)n1. The fourth-order valence-corrected chi connectivity index (χ4v) is 2.65. The van der Waals surface area contributed by atoms with E-state index in [0.29, 0.717) is 0 Å². The molecule has 0 atom stereocenters. The normalized spacial score (nSPS) is 11.1. The highest BCUT2D eigenvalue weighted by molar-refractivity contribution is 4.57. The number of aryl methyl sites for hydroxylation is 2. The lowest BCUT2D eigenvalue weighted by molar-refractivity contribution is -0.732. The lowest BCUT2D eigenvalue weighted by Crippen LogP contribution is -2.30. The molecule has 0 unspecified atom stereocenters. The molecule has 3 heteroatoms. The Morgan fingerprint density at radius 2 is 1.30 bits per heavy atom. The van der Waals surface area contributed by atoms with E-state index in [1.807, 2.05) is 22.6 Å². The predicted molar refractivity (Wildman–Crippen MR) is 84.5 cm³/mol. The van der Waals surface area contributed by atoms with Crippen molar-refractivity contribution in [1.29, 1.82) is 0 Å². The quantitative estimate of drug-likeness (QED) is 0.387. The molecule has 0 bridgehead atoms. The van der Waals surface area contributed by atoms with Crippen LogP contribution in [0.3, 0.4) is 0 Å². The first-order chi connectivity index (χ1) is 9.83. The Kier molecular flexibility index (Phi) is 10.3. The molecule has 0 fully saturated rings.